The van der Waals surface area contributed by atoms with Gasteiger partial charge in [-0.2, -0.15) is 0 Å². The molecule has 0 unspecified atom stereocenters. The molecule has 1 N–H and O–H groups in total. The summed E-state index contributed by atoms with van der Waals surface area (Å²) in [6.45, 7) is 1.83. The Hall–Kier alpha value is -1.13. The summed E-state index contributed by atoms with van der Waals surface area (Å²) in [6.07, 6.45) is 0. The molecule has 1 aromatic carbocycles. The van der Waals surface area contributed by atoms with Crippen LogP contribution in [0.4, 0.5) is 5.69 Å². The minimum Gasteiger partial charge on any atom is -0.493 e. The molecule has 6 heteroatoms. The van der Waals surface area contributed by atoms with Crippen LogP contribution in [0.1, 0.15) is 5.56 Å². The quantitative estimate of drug-likeness (QED) is 0.861. The van der Waals surface area contributed by atoms with Crippen molar-refractivity contribution >= 4 is 34.8 Å². The van der Waals surface area contributed by atoms with Crippen LogP contribution in [0.15, 0.2) is 12.1 Å². The molecule has 4 nitrogen and oxygen atoms in total. The molecule has 0 aliphatic carbocycles. The molecule has 17 heavy (non-hydrogen) atoms. The number of halogens is 2. The molecule has 0 fully saturated rings. The number of benzene rings is 1. The molecular weight excluding hydrogens is 265 g/mol. The van der Waals surface area contributed by atoms with Crippen molar-refractivity contribution in [2.45, 2.75) is 11.8 Å². The molecule has 0 spiro atoms. The van der Waals surface area contributed by atoms with Gasteiger partial charge >= 0.3 is 0 Å². The highest BCUT2D eigenvalue weighted by atomic mass is 35.5. The van der Waals surface area contributed by atoms with Gasteiger partial charge in [0.05, 0.1) is 14.2 Å². The number of nitrogens with one attached hydrogen (secondary N) is 1. The van der Waals surface area contributed by atoms with E-state index in [1.54, 1.807) is 19.2 Å². The molecule has 0 saturated carbocycles. The fourth-order valence-corrected chi connectivity index (χ4v) is 1.41. The van der Waals surface area contributed by atoms with E-state index < -0.39 is 10.7 Å². The number of alkyl halides is 2. The molecule has 0 saturated heterocycles. The van der Waals surface area contributed by atoms with Crippen molar-refractivity contribution in [3.05, 3.63) is 17.7 Å². The van der Waals surface area contributed by atoms with Gasteiger partial charge in [-0.3, -0.25) is 4.79 Å². The Bertz CT molecular complexity index is 421. The van der Waals surface area contributed by atoms with E-state index in [0.717, 1.165) is 5.56 Å². The van der Waals surface area contributed by atoms with E-state index in [0.29, 0.717) is 17.2 Å². The Morgan fingerprint density at radius 2 is 1.76 bits per heavy atom. The average molecular weight is 278 g/mol. The third-order valence-electron chi connectivity index (χ3n) is 2.19. The third kappa shape index (κ3) is 3.41. The van der Waals surface area contributed by atoms with Gasteiger partial charge in [0.15, 0.2) is 16.3 Å². The maximum Gasteiger partial charge on any atom is 0.257 e. The van der Waals surface area contributed by atoms with Crippen LogP contribution >= 0.6 is 23.2 Å². The molecule has 0 aliphatic heterocycles. The van der Waals surface area contributed by atoms with Gasteiger partial charge in [0.1, 0.15) is 0 Å². The summed E-state index contributed by atoms with van der Waals surface area (Å²) < 4.78 is 10.3. The average Bonchev–Trinajstić information content (AvgIpc) is 2.30. The Kier molecular flexibility index (Phi) is 4.90. The Labute approximate surface area is 110 Å². The lowest BCUT2D eigenvalue weighted by atomic mass is 10.1. The molecule has 0 bridgehead atoms. The molecule has 0 aliphatic rings. The molecule has 1 aromatic rings. The molecule has 94 valence electrons. The van der Waals surface area contributed by atoms with Gasteiger partial charge in [0.2, 0.25) is 0 Å². The van der Waals surface area contributed by atoms with E-state index in [9.17, 15) is 4.79 Å². The van der Waals surface area contributed by atoms with Gasteiger partial charge < -0.3 is 14.8 Å². The van der Waals surface area contributed by atoms with E-state index >= 15 is 0 Å². The first-order chi connectivity index (χ1) is 7.99. The zero-order valence-electron chi connectivity index (χ0n) is 9.71. The Balaban J connectivity index is 3.04. The van der Waals surface area contributed by atoms with Crippen LogP contribution in [0.25, 0.3) is 0 Å². The fourth-order valence-electron chi connectivity index (χ4n) is 1.30. The number of carbonyl (C=O) groups is 1. The highest BCUT2D eigenvalue weighted by molar-refractivity contribution is 6.54. The second-order valence-electron chi connectivity index (χ2n) is 3.31. The van der Waals surface area contributed by atoms with Gasteiger partial charge in [-0.1, -0.05) is 23.2 Å². The first-order valence-corrected chi connectivity index (χ1v) is 5.68. The molecule has 0 heterocycles. The van der Waals surface area contributed by atoms with E-state index in [1.807, 2.05) is 6.92 Å². The van der Waals surface area contributed by atoms with E-state index in [-0.39, 0.29) is 0 Å². The maximum atomic E-state index is 11.4. The van der Waals surface area contributed by atoms with Gasteiger partial charge in [-0.15, -0.1) is 0 Å². The van der Waals surface area contributed by atoms with Gasteiger partial charge in [-0.25, -0.2) is 0 Å². The van der Waals surface area contributed by atoms with Crippen LogP contribution in [0.5, 0.6) is 11.5 Å². The summed E-state index contributed by atoms with van der Waals surface area (Å²) in [7, 11) is 3.06. The molecule has 0 aromatic heterocycles. The second kappa shape index (κ2) is 5.98. The third-order valence-corrected chi connectivity index (χ3v) is 2.58. The van der Waals surface area contributed by atoms with Gasteiger partial charge in [0.25, 0.3) is 5.91 Å². The lowest BCUT2D eigenvalue weighted by molar-refractivity contribution is -0.114. The summed E-state index contributed by atoms with van der Waals surface area (Å²) in [5.41, 5.74) is 1.41. The van der Waals surface area contributed by atoms with E-state index in [2.05, 4.69) is 5.32 Å². The summed E-state index contributed by atoms with van der Waals surface area (Å²) in [5, 5.41) is 2.60. The van der Waals surface area contributed by atoms with Crippen molar-refractivity contribution in [2.24, 2.45) is 0 Å². The normalized spacial score (nSPS) is 10.2. The molecular formula is C11H13Cl2NO3. The highest BCUT2D eigenvalue weighted by Crippen LogP contribution is 2.33. The predicted octanol–water partition coefficient (Wildman–Crippen LogP) is 2.75. The van der Waals surface area contributed by atoms with Crippen molar-refractivity contribution in [1.29, 1.82) is 0 Å². The zero-order chi connectivity index (χ0) is 13.0. The highest BCUT2D eigenvalue weighted by Gasteiger charge is 2.15. The number of rotatable bonds is 4. The SMILES string of the molecule is COc1cc(C)c(NC(=O)C(Cl)Cl)cc1OC. The minimum absolute atomic E-state index is 0.483. The van der Waals surface area contributed by atoms with Crippen LogP contribution in [-0.2, 0) is 4.79 Å². The first-order valence-electron chi connectivity index (χ1n) is 4.81. The van der Waals surface area contributed by atoms with Crippen molar-refractivity contribution in [2.75, 3.05) is 19.5 Å². The summed E-state index contributed by atoms with van der Waals surface area (Å²) in [4.78, 5) is 10.3. The lowest BCUT2D eigenvalue weighted by Gasteiger charge is -2.13. The van der Waals surface area contributed by atoms with Crippen molar-refractivity contribution in [3.8, 4) is 11.5 Å². The molecule has 1 rings (SSSR count). The minimum atomic E-state index is -1.11. The maximum absolute atomic E-state index is 11.4. The molecule has 1 amide bonds. The molecule has 0 radical (unpaired) electrons. The van der Waals surface area contributed by atoms with Crippen LogP contribution in [0.2, 0.25) is 0 Å². The van der Waals surface area contributed by atoms with Crippen molar-refractivity contribution < 1.29 is 14.3 Å². The standard InChI is InChI=1S/C11H13Cl2NO3/c1-6-4-8(16-2)9(17-3)5-7(6)14-11(15)10(12)13/h4-5,10H,1-3H3,(H,14,15). The van der Waals surface area contributed by atoms with Crippen molar-refractivity contribution in [1.82, 2.24) is 0 Å². The number of aryl methyl sites for hydroxylation is 1. The van der Waals surface area contributed by atoms with Crippen LogP contribution in [0, 0.1) is 6.92 Å². The largest absolute Gasteiger partial charge is 0.493 e. The number of methoxy groups -OCH3 is 2. The fraction of sp³-hybridized carbons (Fsp3) is 0.364. The van der Waals surface area contributed by atoms with E-state index in [1.165, 1.54) is 7.11 Å². The Morgan fingerprint density at radius 1 is 1.24 bits per heavy atom. The monoisotopic (exact) mass is 277 g/mol. The Morgan fingerprint density at radius 3 is 2.24 bits per heavy atom. The number of hydrogen-bond acceptors (Lipinski definition) is 3. The molecule has 0 atom stereocenters. The van der Waals surface area contributed by atoms with Crippen molar-refractivity contribution in [3.63, 3.8) is 0 Å². The topological polar surface area (TPSA) is 47.6 Å². The number of carbonyl (C=O) groups excluding carboxylic acids is 1. The number of amides is 1. The number of ether oxygens (including phenoxy) is 2. The van der Waals surface area contributed by atoms with Crippen LogP contribution in [-0.4, -0.2) is 25.0 Å². The number of hydrogen-bond donors (Lipinski definition) is 1. The first kappa shape index (κ1) is 13.9. The summed E-state index contributed by atoms with van der Waals surface area (Å²) >= 11 is 10.9. The van der Waals surface area contributed by atoms with Gasteiger partial charge in [-0.05, 0) is 18.6 Å². The van der Waals surface area contributed by atoms with Crippen LogP contribution in [0.3, 0.4) is 0 Å². The number of anilines is 1. The predicted molar refractivity (Wildman–Crippen MR) is 68.4 cm³/mol. The summed E-state index contributed by atoms with van der Waals surface area (Å²) in [5.74, 6) is 0.633. The van der Waals surface area contributed by atoms with Crippen LogP contribution < -0.4 is 14.8 Å². The zero-order valence-corrected chi connectivity index (χ0v) is 11.2. The smallest absolute Gasteiger partial charge is 0.257 e. The lowest BCUT2D eigenvalue weighted by Crippen LogP contribution is -2.19. The van der Waals surface area contributed by atoms with Gasteiger partial charge in [0, 0.05) is 11.8 Å². The van der Waals surface area contributed by atoms with E-state index in [4.69, 9.17) is 32.7 Å². The second-order valence-corrected chi connectivity index (χ2v) is 4.41. The summed E-state index contributed by atoms with van der Waals surface area (Å²) in [6, 6.07) is 3.41.